The highest BCUT2D eigenvalue weighted by atomic mass is 32.1. The fraction of sp³-hybridized carbons (Fsp3) is 0.231. The van der Waals surface area contributed by atoms with Crippen LogP contribution >= 0.6 is 11.3 Å². The van der Waals surface area contributed by atoms with Crippen molar-refractivity contribution in [3.8, 4) is 0 Å². The van der Waals surface area contributed by atoms with Crippen LogP contribution in [0.5, 0.6) is 0 Å². The Labute approximate surface area is 133 Å². The number of amides is 1. The molecule has 0 aliphatic heterocycles. The van der Waals surface area contributed by atoms with Crippen LogP contribution in [-0.2, 0) is 22.7 Å². The van der Waals surface area contributed by atoms with E-state index in [-0.39, 0.29) is 12.1 Å². The van der Waals surface area contributed by atoms with Gasteiger partial charge in [0.2, 0.25) is 11.0 Å². The molecule has 23 heavy (non-hydrogen) atoms. The number of carbonyl (C=O) groups excluding carboxylic acids is 1. The summed E-state index contributed by atoms with van der Waals surface area (Å²) in [5, 5.41) is 19.3. The van der Waals surface area contributed by atoms with Crippen LogP contribution < -0.4 is 10.9 Å². The summed E-state index contributed by atoms with van der Waals surface area (Å²) in [6.45, 7) is 0.0685. The van der Waals surface area contributed by atoms with Gasteiger partial charge in [-0.05, 0) is 12.1 Å². The van der Waals surface area contributed by atoms with Crippen LogP contribution in [0.15, 0.2) is 29.1 Å². The number of aromatic nitrogens is 5. The fourth-order valence-corrected chi connectivity index (χ4v) is 2.64. The summed E-state index contributed by atoms with van der Waals surface area (Å²) in [5.74, 6) is -0.434. The molecule has 0 aliphatic rings. The lowest BCUT2D eigenvalue weighted by atomic mass is 10.2. The lowest BCUT2D eigenvalue weighted by Crippen LogP contribution is -2.30. The van der Waals surface area contributed by atoms with E-state index in [1.54, 1.807) is 31.4 Å². The van der Waals surface area contributed by atoms with Crippen LogP contribution in [0.2, 0.25) is 0 Å². The van der Waals surface area contributed by atoms with Crippen LogP contribution in [0.1, 0.15) is 5.01 Å². The molecule has 1 amide bonds. The van der Waals surface area contributed by atoms with Crippen LogP contribution in [-0.4, -0.2) is 38.2 Å². The Morgan fingerprint density at radius 1 is 1.30 bits per heavy atom. The van der Waals surface area contributed by atoms with Gasteiger partial charge in [-0.15, -0.1) is 15.3 Å². The topological polar surface area (TPSA) is 112 Å². The largest absolute Gasteiger partial charge is 0.377 e. The molecule has 9 nitrogen and oxygen atoms in total. The third-order valence-corrected chi connectivity index (χ3v) is 3.72. The highest BCUT2D eigenvalue weighted by molar-refractivity contribution is 7.15. The molecule has 0 unspecified atom stereocenters. The highest BCUT2D eigenvalue weighted by Gasteiger charge is 2.12. The molecule has 0 radical (unpaired) electrons. The molecule has 0 aliphatic carbocycles. The summed E-state index contributed by atoms with van der Waals surface area (Å²) in [5.41, 5.74) is 0.116. The van der Waals surface area contributed by atoms with Crippen LogP contribution in [0.3, 0.4) is 0 Å². The average Bonchev–Trinajstić information content (AvgIpc) is 2.98. The molecule has 1 aromatic carbocycles. The first-order valence-electron chi connectivity index (χ1n) is 6.61. The molecule has 3 aromatic rings. The van der Waals surface area contributed by atoms with Crippen molar-refractivity contribution in [3.63, 3.8) is 0 Å². The molecular formula is C13H12N6O3S. The van der Waals surface area contributed by atoms with Crippen molar-refractivity contribution in [2.45, 2.75) is 13.2 Å². The number of hydrogen-bond donors (Lipinski definition) is 1. The van der Waals surface area contributed by atoms with Crippen LogP contribution in [0.4, 0.5) is 5.13 Å². The van der Waals surface area contributed by atoms with Crippen molar-refractivity contribution >= 4 is 33.3 Å². The van der Waals surface area contributed by atoms with E-state index in [0.717, 1.165) is 4.68 Å². The maximum atomic E-state index is 12.2. The molecule has 0 saturated carbocycles. The molecule has 10 heteroatoms. The van der Waals surface area contributed by atoms with Gasteiger partial charge in [-0.25, -0.2) is 4.68 Å². The van der Waals surface area contributed by atoms with Crippen molar-refractivity contribution in [2.24, 2.45) is 0 Å². The zero-order chi connectivity index (χ0) is 16.2. The Morgan fingerprint density at radius 2 is 2.13 bits per heavy atom. The Bertz CT molecular complexity index is 906. The van der Waals surface area contributed by atoms with Crippen LogP contribution in [0, 0.1) is 0 Å². The molecule has 2 heterocycles. The summed E-state index contributed by atoms with van der Waals surface area (Å²) >= 11 is 1.20. The molecule has 2 aromatic heterocycles. The molecule has 1 N–H and O–H groups in total. The van der Waals surface area contributed by atoms with Crippen molar-refractivity contribution in [2.75, 3.05) is 12.4 Å². The van der Waals surface area contributed by atoms with Gasteiger partial charge >= 0.3 is 0 Å². The minimum Gasteiger partial charge on any atom is -0.377 e. The number of rotatable bonds is 5. The zero-order valence-electron chi connectivity index (χ0n) is 12.1. The SMILES string of the molecule is COCc1nnc(NC(=O)Cn2nnc3ccccc3c2=O)s1. The third-order valence-electron chi connectivity index (χ3n) is 2.90. The summed E-state index contributed by atoms with van der Waals surface area (Å²) < 4.78 is 5.94. The molecule has 0 saturated heterocycles. The first kappa shape index (κ1) is 15.2. The first-order valence-corrected chi connectivity index (χ1v) is 7.43. The second-order valence-electron chi connectivity index (χ2n) is 4.55. The predicted molar refractivity (Wildman–Crippen MR) is 83.0 cm³/mol. The number of anilines is 1. The van der Waals surface area contributed by atoms with Gasteiger partial charge in [0.05, 0.1) is 5.39 Å². The van der Waals surface area contributed by atoms with E-state index in [1.165, 1.54) is 11.3 Å². The van der Waals surface area contributed by atoms with Gasteiger partial charge in [-0.1, -0.05) is 28.7 Å². The van der Waals surface area contributed by atoms with Gasteiger partial charge in [0.25, 0.3) is 5.56 Å². The Hall–Kier alpha value is -2.72. The number of fused-ring (bicyclic) bond motifs is 1. The summed E-state index contributed by atoms with van der Waals surface area (Å²) in [6.07, 6.45) is 0. The van der Waals surface area contributed by atoms with Gasteiger partial charge in [0.1, 0.15) is 23.7 Å². The average molecular weight is 332 g/mol. The summed E-state index contributed by atoms with van der Waals surface area (Å²) in [6, 6.07) is 6.82. The molecule has 0 bridgehead atoms. The lowest BCUT2D eigenvalue weighted by molar-refractivity contribution is -0.117. The molecule has 118 valence electrons. The van der Waals surface area contributed by atoms with E-state index in [4.69, 9.17) is 4.74 Å². The van der Waals surface area contributed by atoms with Crippen molar-refractivity contribution < 1.29 is 9.53 Å². The van der Waals surface area contributed by atoms with Gasteiger partial charge in [-0.3, -0.25) is 14.9 Å². The maximum Gasteiger partial charge on any atom is 0.278 e. The number of carbonyl (C=O) groups is 1. The second-order valence-corrected chi connectivity index (χ2v) is 5.61. The molecule has 0 atom stereocenters. The standard InChI is InChI=1S/C13H12N6O3S/c1-22-7-11-16-17-13(23-11)14-10(20)6-19-12(21)8-4-2-3-5-9(8)15-18-19/h2-5H,6-7H2,1H3,(H,14,17,20). The maximum absolute atomic E-state index is 12.2. The van der Waals surface area contributed by atoms with E-state index in [9.17, 15) is 9.59 Å². The zero-order valence-corrected chi connectivity index (χ0v) is 12.9. The van der Waals surface area contributed by atoms with Gasteiger partial charge < -0.3 is 4.74 Å². The Balaban J connectivity index is 1.74. The van der Waals surface area contributed by atoms with E-state index in [0.29, 0.717) is 27.6 Å². The first-order chi connectivity index (χ1) is 11.2. The van der Waals surface area contributed by atoms with Gasteiger partial charge in [-0.2, -0.15) is 0 Å². The number of nitrogens with zero attached hydrogens (tertiary/aromatic N) is 5. The van der Waals surface area contributed by atoms with Crippen LogP contribution in [0.25, 0.3) is 10.9 Å². The van der Waals surface area contributed by atoms with E-state index in [2.05, 4.69) is 25.8 Å². The van der Waals surface area contributed by atoms with Gasteiger partial charge in [0.15, 0.2) is 0 Å². The predicted octanol–water partition coefficient (Wildman–Crippen LogP) is 0.428. The quantitative estimate of drug-likeness (QED) is 0.721. The van der Waals surface area contributed by atoms with E-state index < -0.39 is 5.91 Å². The lowest BCUT2D eigenvalue weighted by Gasteiger charge is -2.04. The minimum atomic E-state index is -0.434. The smallest absolute Gasteiger partial charge is 0.278 e. The number of hydrogen-bond acceptors (Lipinski definition) is 8. The molecular weight excluding hydrogens is 320 g/mol. The molecule has 0 fully saturated rings. The number of methoxy groups -OCH3 is 1. The second kappa shape index (κ2) is 6.58. The van der Waals surface area contributed by atoms with Crippen molar-refractivity contribution in [1.29, 1.82) is 0 Å². The number of benzene rings is 1. The Kier molecular flexibility index (Phi) is 4.35. The molecule has 0 spiro atoms. The monoisotopic (exact) mass is 332 g/mol. The normalized spacial score (nSPS) is 10.8. The van der Waals surface area contributed by atoms with E-state index in [1.807, 2.05) is 0 Å². The minimum absolute atomic E-state index is 0.254. The number of nitrogens with one attached hydrogen (secondary N) is 1. The van der Waals surface area contributed by atoms with Crippen molar-refractivity contribution in [1.82, 2.24) is 25.2 Å². The van der Waals surface area contributed by atoms with E-state index >= 15 is 0 Å². The number of ether oxygens (including phenoxy) is 1. The van der Waals surface area contributed by atoms with Gasteiger partial charge in [0, 0.05) is 7.11 Å². The fourth-order valence-electron chi connectivity index (χ4n) is 1.91. The Morgan fingerprint density at radius 3 is 2.96 bits per heavy atom. The highest BCUT2D eigenvalue weighted by Crippen LogP contribution is 2.15. The summed E-state index contributed by atoms with van der Waals surface area (Å²) in [4.78, 5) is 24.3. The molecule has 3 rings (SSSR count). The summed E-state index contributed by atoms with van der Waals surface area (Å²) in [7, 11) is 1.55. The van der Waals surface area contributed by atoms with Crippen molar-refractivity contribution in [3.05, 3.63) is 39.6 Å². The third kappa shape index (κ3) is 3.38.